The highest BCUT2D eigenvalue weighted by molar-refractivity contribution is 6.30. The normalized spacial score (nSPS) is 35.8. The molecule has 1 saturated carbocycles. The molecule has 1 saturated heterocycles. The minimum Gasteiger partial charge on any atom is -1.00 e. The van der Waals surface area contributed by atoms with Gasteiger partial charge >= 0.3 is 0 Å². The molecule has 6 aliphatic rings. The third-order valence-electron chi connectivity index (χ3n) is 10.2. The number of fused-ring (bicyclic) bond motifs is 1. The first-order valence-electron chi connectivity index (χ1n) is 13.1. The van der Waals surface area contributed by atoms with Gasteiger partial charge < -0.3 is 31.5 Å². The minimum atomic E-state index is -0.995. The Morgan fingerprint density at radius 2 is 1.87 bits per heavy atom. The molecule has 8 rings (SSSR count). The number of amides is 2. The van der Waals surface area contributed by atoms with E-state index in [2.05, 4.69) is 36.1 Å². The van der Waals surface area contributed by atoms with E-state index < -0.39 is 17.4 Å². The first-order chi connectivity index (χ1) is 18.3. The number of ether oxygens (including phenoxy) is 3. The first-order valence-corrected chi connectivity index (χ1v) is 13.5. The van der Waals surface area contributed by atoms with E-state index in [1.165, 1.54) is 16.0 Å². The van der Waals surface area contributed by atoms with Crippen molar-refractivity contribution >= 4 is 23.4 Å². The van der Waals surface area contributed by atoms with Gasteiger partial charge in [0.05, 0.1) is 37.5 Å². The number of quaternary nitrogens is 1. The number of piperidine rings is 1. The number of hydrogen-bond acceptors (Lipinski definition) is 5. The lowest BCUT2D eigenvalue weighted by molar-refractivity contribution is -0.923. The predicted octanol–water partition coefficient (Wildman–Crippen LogP) is -1.38. The zero-order chi connectivity index (χ0) is 26.4. The fourth-order valence-corrected chi connectivity index (χ4v) is 8.67. The van der Waals surface area contributed by atoms with Crippen LogP contribution in [-0.2, 0) is 21.4 Å². The monoisotopic (exact) mass is 571 g/mol. The van der Waals surface area contributed by atoms with Gasteiger partial charge in [-0.05, 0) is 42.3 Å². The second-order valence-electron chi connectivity index (χ2n) is 11.3. The Morgan fingerprint density at radius 3 is 2.59 bits per heavy atom. The van der Waals surface area contributed by atoms with Crippen molar-refractivity contribution in [1.29, 1.82) is 0 Å². The molecule has 7 atom stereocenters. The highest BCUT2D eigenvalue weighted by atomic mass is 35.5. The smallest absolute Gasteiger partial charge is 0.269 e. The van der Waals surface area contributed by atoms with Crippen molar-refractivity contribution in [2.45, 2.75) is 42.4 Å². The molecule has 8 nitrogen and oxygen atoms in total. The van der Waals surface area contributed by atoms with Crippen molar-refractivity contribution < 1.29 is 41.1 Å². The van der Waals surface area contributed by atoms with Crippen LogP contribution in [0.4, 0.5) is 0 Å². The molecule has 4 bridgehead atoms. The summed E-state index contributed by atoms with van der Waals surface area (Å²) in [4.78, 5) is 28.0. The molecule has 2 heterocycles. The minimum absolute atomic E-state index is 0. The second kappa shape index (κ2) is 8.86. The van der Waals surface area contributed by atoms with E-state index in [1.807, 2.05) is 6.07 Å². The van der Waals surface area contributed by atoms with E-state index in [0.29, 0.717) is 28.8 Å². The van der Waals surface area contributed by atoms with Crippen LogP contribution >= 0.6 is 11.6 Å². The molecule has 0 aromatic heterocycles. The number of likely N-dealkylation sites (tertiary alicyclic amines) is 1. The van der Waals surface area contributed by atoms with Crippen LogP contribution < -0.4 is 37.6 Å². The Kier molecular flexibility index (Phi) is 6.01. The molecule has 2 fully saturated rings. The van der Waals surface area contributed by atoms with Crippen molar-refractivity contribution in [2.24, 2.45) is 11.3 Å². The van der Waals surface area contributed by atoms with E-state index in [4.69, 9.17) is 25.8 Å². The molecule has 39 heavy (non-hydrogen) atoms. The van der Waals surface area contributed by atoms with Gasteiger partial charge in [-0.15, -0.1) is 0 Å². The van der Waals surface area contributed by atoms with E-state index in [-0.39, 0.29) is 35.2 Å². The molecule has 2 aliphatic heterocycles. The molecular weight excluding hydrogens is 541 g/mol. The van der Waals surface area contributed by atoms with Gasteiger partial charge in [-0.3, -0.25) is 20.4 Å². The Morgan fingerprint density at radius 1 is 1.10 bits per heavy atom. The standard InChI is InChI=1S/C29H30ClN3O5.ClH/c1-33-13-12-28-22-17-6-9-20(36-2)23(22)38-26(28)29(37-3)11-10-27(28,21(33)14-17)15-19(29)25(35)32-31-24(34)16-4-7-18(30)8-5-16;/h4-11,19,21,26H,12-15H2,1-3H3,(H,31,34)(H,32,35);1H/t19-,21+,26-,27+,28-,29+;/m0./s1. The van der Waals surface area contributed by atoms with E-state index >= 15 is 0 Å². The van der Waals surface area contributed by atoms with Crippen LogP contribution in [0.1, 0.15) is 34.3 Å². The quantitative estimate of drug-likeness (QED) is 0.311. The molecule has 1 unspecified atom stereocenters. The topological polar surface area (TPSA) is 90.3 Å². The summed E-state index contributed by atoms with van der Waals surface area (Å²) in [6.07, 6.45) is 6.46. The molecule has 4 aliphatic carbocycles. The zero-order valence-electron chi connectivity index (χ0n) is 22.0. The number of hydrogen-bond donors (Lipinski definition) is 3. The number of benzene rings is 2. The Labute approximate surface area is 238 Å². The molecule has 10 heteroatoms. The van der Waals surface area contributed by atoms with Crippen LogP contribution in [0.3, 0.4) is 0 Å². The highest BCUT2D eigenvalue weighted by Gasteiger charge is 2.81. The molecule has 2 spiro atoms. The van der Waals surface area contributed by atoms with E-state index in [0.717, 1.165) is 25.1 Å². The second-order valence-corrected chi connectivity index (χ2v) is 11.8. The number of methoxy groups -OCH3 is 2. The number of halogens is 2. The SMILES string of the molecule is COc1ccc2c3c1O[C@@H]1[C@@]4(OC)C=C[C@@]5(C[C@H]4C(=O)NNC(=O)c4ccc(Cl)cc4)[C@@H](C2)[NH+](C)CC[C@]315.[Cl-]. The molecular formula is C29H31Cl2N3O5. The van der Waals surface area contributed by atoms with Crippen molar-refractivity contribution in [1.82, 2.24) is 10.9 Å². The van der Waals surface area contributed by atoms with Crippen molar-refractivity contribution in [2.75, 3.05) is 27.8 Å². The van der Waals surface area contributed by atoms with Gasteiger partial charge in [0.2, 0.25) is 5.91 Å². The number of hydrazine groups is 1. The largest absolute Gasteiger partial charge is 1.00 e. The molecule has 2 amide bonds. The van der Waals surface area contributed by atoms with Gasteiger partial charge in [0.1, 0.15) is 17.7 Å². The number of carbonyl (C=O) groups excluding carboxylic acids is 2. The summed E-state index contributed by atoms with van der Waals surface area (Å²) in [5.74, 6) is 0.247. The van der Waals surface area contributed by atoms with Crippen LogP contribution in [0, 0.1) is 11.3 Å². The Bertz CT molecular complexity index is 1400. The van der Waals surface area contributed by atoms with Crippen LogP contribution in [0.2, 0.25) is 5.02 Å². The predicted molar refractivity (Wildman–Crippen MR) is 139 cm³/mol. The summed E-state index contributed by atoms with van der Waals surface area (Å²) >= 11 is 5.95. The zero-order valence-corrected chi connectivity index (χ0v) is 23.5. The lowest BCUT2D eigenvalue weighted by atomic mass is 9.37. The molecule has 2 aromatic rings. The van der Waals surface area contributed by atoms with E-state index in [9.17, 15) is 9.59 Å². The van der Waals surface area contributed by atoms with Crippen LogP contribution in [0.25, 0.3) is 0 Å². The lowest BCUT2D eigenvalue weighted by Gasteiger charge is -2.69. The lowest BCUT2D eigenvalue weighted by Crippen LogP contribution is -3.18. The number of rotatable bonds is 4. The van der Waals surface area contributed by atoms with Crippen molar-refractivity contribution in [3.63, 3.8) is 0 Å². The summed E-state index contributed by atoms with van der Waals surface area (Å²) in [5.41, 5.74) is 6.65. The Hall–Kier alpha value is -2.78. The van der Waals surface area contributed by atoms with Gasteiger partial charge in [-0.1, -0.05) is 29.8 Å². The van der Waals surface area contributed by atoms with Gasteiger partial charge in [0, 0.05) is 36.1 Å². The fraction of sp³-hybridized carbons (Fsp3) is 0.448. The summed E-state index contributed by atoms with van der Waals surface area (Å²) in [6.45, 7) is 1.02. The summed E-state index contributed by atoms with van der Waals surface area (Å²) in [7, 11) is 5.57. The number of likely N-dealkylation sites (N-methyl/N-ethyl adjacent to an activating group) is 1. The maximum absolute atomic E-state index is 13.9. The van der Waals surface area contributed by atoms with Gasteiger partial charge in [0.25, 0.3) is 5.91 Å². The third kappa shape index (κ3) is 3.14. The Balaban J connectivity index is 0.00000277. The number of carbonyl (C=O) groups is 2. The third-order valence-corrected chi connectivity index (χ3v) is 10.4. The van der Waals surface area contributed by atoms with Crippen LogP contribution in [-0.4, -0.2) is 57.4 Å². The fourth-order valence-electron chi connectivity index (χ4n) is 8.54. The van der Waals surface area contributed by atoms with Gasteiger partial charge in [-0.25, -0.2) is 0 Å². The highest BCUT2D eigenvalue weighted by Crippen LogP contribution is 2.73. The molecule has 2 aromatic carbocycles. The van der Waals surface area contributed by atoms with Crippen LogP contribution in [0.5, 0.6) is 11.5 Å². The maximum atomic E-state index is 13.9. The van der Waals surface area contributed by atoms with Gasteiger partial charge in [0.15, 0.2) is 11.5 Å². The average Bonchev–Trinajstić information content (AvgIpc) is 3.31. The molecule has 3 N–H and O–H groups in total. The number of nitrogens with one attached hydrogen (secondary N) is 3. The maximum Gasteiger partial charge on any atom is 0.269 e. The van der Waals surface area contributed by atoms with Crippen molar-refractivity contribution in [3.8, 4) is 11.5 Å². The van der Waals surface area contributed by atoms with Gasteiger partial charge in [-0.2, -0.15) is 0 Å². The first kappa shape index (κ1) is 26.4. The van der Waals surface area contributed by atoms with Crippen LogP contribution in [0.15, 0.2) is 48.6 Å². The van der Waals surface area contributed by atoms with E-state index in [1.54, 1.807) is 38.5 Å². The average molecular weight is 572 g/mol. The van der Waals surface area contributed by atoms with Crippen molar-refractivity contribution in [3.05, 3.63) is 70.3 Å². The molecule has 206 valence electrons. The summed E-state index contributed by atoms with van der Waals surface area (Å²) < 4.78 is 18.9. The molecule has 0 radical (unpaired) electrons. The summed E-state index contributed by atoms with van der Waals surface area (Å²) in [6, 6.07) is 11.0. The summed E-state index contributed by atoms with van der Waals surface area (Å²) in [5, 5.41) is 0.535.